The number of carbonyl (C=O) groups excluding carboxylic acids is 1. The monoisotopic (exact) mass is 355 g/mol. The van der Waals surface area contributed by atoms with Crippen molar-refractivity contribution in [2.75, 3.05) is 0 Å². The first-order valence-electron chi connectivity index (χ1n) is 6.68. The molecule has 0 spiro atoms. The third-order valence-electron chi connectivity index (χ3n) is 0.348. The van der Waals surface area contributed by atoms with Crippen LogP contribution in [0.1, 0.15) is 69.2 Å². The summed E-state index contributed by atoms with van der Waals surface area (Å²) in [6, 6.07) is 0. The Hall–Kier alpha value is -0.196. The van der Waals surface area contributed by atoms with Crippen molar-refractivity contribution in [1.82, 2.24) is 0 Å². The second-order valence-corrected chi connectivity index (χ2v) is 7.58. The van der Waals surface area contributed by atoms with Gasteiger partial charge in [-0.05, 0) is 74.8 Å². The first-order valence-corrected chi connectivity index (χ1v) is 6.68. The SMILES string of the molecule is C=C(C)C(=O)[O-].CC(C)(C)O.CC(C)(C)O.CC(C)(C)O.[Ti]. The van der Waals surface area contributed by atoms with Crippen molar-refractivity contribution in [2.24, 2.45) is 0 Å². The molecule has 0 aromatic heterocycles. The van der Waals surface area contributed by atoms with E-state index in [1.54, 1.807) is 62.3 Å². The van der Waals surface area contributed by atoms with Crippen LogP contribution >= 0.6 is 0 Å². The molecule has 0 aromatic rings. The minimum absolute atomic E-state index is 0. The fraction of sp³-hybridized carbons (Fsp3) is 0.812. The van der Waals surface area contributed by atoms with E-state index in [0.29, 0.717) is 0 Å². The zero-order valence-electron chi connectivity index (χ0n) is 15.9. The predicted octanol–water partition coefficient (Wildman–Crippen LogP) is 1.64. The third kappa shape index (κ3) is 484. The fourth-order valence-electron chi connectivity index (χ4n) is 0. The summed E-state index contributed by atoms with van der Waals surface area (Å²) in [4.78, 5) is 9.49. The van der Waals surface area contributed by atoms with Gasteiger partial charge >= 0.3 is 0 Å². The van der Waals surface area contributed by atoms with Gasteiger partial charge in [0.15, 0.2) is 0 Å². The second kappa shape index (κ2) is 14.4. The quantitative estimate of drug-likeness (QED) is 0.490. The molecule has 0 fully saturated rings. The Kier molecular flexibility index (Phi) is 21.9. The van der Waals surface area contributed by atoms with Crippen LogP contribution in [0.4, 0.5) is 0 Å². The van der Waals surface area contributed by atoms with Gasteiger partial charge in [-0.15, -0.1) is 0 Å². The number of hydrogen-bond donors (Lipinski definition) is 3. The Morgan fingerprint density at radius 2 is 0.818 bits per heavy atom. The number of carboxylic acids is 1. The van der Waals surface area contributed by atoms with E-state index in [9.17, 15) is 9.90 Å². The van der Waals surface area contributed by atoms with E-state index in [0.717, 1.165) is 0 Å². The summed E-state index contributed by atoms with van der Waals surface area (Å²) in [7, 11) is 0. The number of hydrogen-bond acceptors (Lipinski definition) is 5. The van der Waals surface area contributed by atoms with E-state index in [1.165, 1.54) is 6.92 Å². The Balaban J connectivity index is -0.0000000577. The molecule has 0 rings (SSSR count). The van der Waals surface area contributed by atoms with Gasteiger partial charge in [-0.1, -0.05) is 6.58 Å². The van der Waals surface area contributed by atoms with Crippen LogP contribution in [0.25, 0.3) is 0 Å². The van der Waals surface area contributed by atoms with Gasteiger partial charge in [-0.25, -0.2) is 0 Å². The van der Waals surface area contributed by atoms with Gasteiger partial charge in [0.2, 0.25) is 0 Å². The van der Waals surface area contributed by atoms with Crippen molar-refractivity contribution in [3.63, 3.8) is 0 Å². The summed E-state index contributed by atoms with van der Waals surface area (Å²) < 4.78 is 0. The molecular formula is C16H35O5Ti-. The molecule has 0 saturated carbocycles. The molecule has 5 nitrogen and oxygen atoms in total. The third-order valence-corrected chi connectivity index (χ3v) is 0.348. The van der Waals surface area contributed by atoms with Gasteiger partial charge in [0.05, 0.1) is 22.8 Å². The van der Waals surface area contributed by atoms with Gasteiger partial charge in [-0.2, -0.15) is 0 Å². The van der Waals surface area contributed by atoms with Gasteiger partial charge < -0.3 is 25.2 Å². The largest absolute Gasteiger partial charge is 0.545 e. The maximum Gasteiger partial charge on any atom is 0.0666 e. The fourth-order valence-corrected chi connectivity index (χ4v) is 0. The van der Waals surface area contributed by atoms with Crippen LogP contribution in [-0.4, -0.2) is 38.1 Å². The van der Waals surface area contributed by atoms with E-state index in [1.807, 2.05) is 0 Å². The molecule has 0 aliphatic heterocycles. The smallest absolute Gasteiger partial charge is 0.0666 e. The van der Waals surface area contributed by atoms with Crippen LogP contribution in [0, 0.1) is 0 Å². The van der Waals surface area contributed by atoms with Crippen molar-refractivity contribution in [1.29, 1.82) is 0 Å². The molecule has 0 aliphatic carbocycles. The molecule has 0 heterocycles. The molecule has 22 heavy (non-hydrogen) atoms. The van der Waals surface area contributed by atoms with Crippen LogP contribution in [-0.2, 0) is 26.5 Å². The molecule has 6 heteroatoms. The Bertz CT molecular complexity index is 222. The molecule has 0 atom stereocenters. The van der Waals surface area contributed by atoms with Crippen molar-refractivity contribution in [3.8, 4) is 0 Å². The van der Waals surface area contributed by atoms with Crippen LogP contribution in [0.3, 0.4) is 0 Å². The molecule has 0 bridgehead atoms. The normalized spacial score (nSPS) is 10.2. The summed E-state index contributed by atoms with van der Waals surface area (Å²) in [5.41, 5.74) is -1.44. The zero-order chi connectivity index (χ0) is 18.7. The minimum atomic E-state index is -1.19. The molecule has 0 aliphatic rings. The van der Waals surface area contributed by atoms with Crippen molar-refractivity contribution < 1.29 is 46.9 Å². The number of rotatable bonds is 1. The summed E-state index contributed by atoms with van der Waals surface area (Å²) in [5, 5.41) is 35.1. The maximum absolute atomic E-state index is 9.49. The summed E-state index contributed by atoms with van der Waals surface area (Å²) in [5.74, 6) is -1.19. The van der Waals surface area contributed by atoms with Crippen molar-refractivity contribution in [2.45, 2.75) is 86.0 Å². The summed E-state index contributed by atoms with van der Waals surface area (Å²) in [6.45, 7) is 20.2. The molecule has 0 radical (unpaired) electrons. The Morgan fingerprint density at radius 3 is 0.818 bits per heavy atom. The van der Waals surface area contributed by atoms with Crippen LogP contribution in [0.15, 0.2) is 12.2 Å². The van der Waals surface area contributed by atoms with Gasteiger partial charge in [0.25, 0.3) is 0 Å². The van der Waals surface area contributed by atoms with E-state index in [2.05, 4.69) is 6.58 Å². The standard InChI is InChI=1S/C4H6O2.3C4H10O.Ti/c1-3(2)4(5)6;3*1-4(2,3)5;/h1H2,2H3,(H,5,6);3*5H,1-3H3;/p-1. The Morgan fingerprint density at radius 1 is 0.773 bits per heavy atom. The molecule has 3 N–H and O–H groups in total. The number of aliphatic carboxylic acids is 1. The van der Waals surface area contributed by atoms with E-state index in [4.69, 9.17) is 15.3 Å². The van der Waals surface area contributed by atoms with E-state index in [-0.39, 0.29) is 27.3 Å². The first kappa shape index (κ1) is 33.4. The molecule has 0 amide bonds. The molecule has 0 aromatic carbocycles. The average Bonchev–Trinajstić information content (AvgIpc) is 1.92. The van der Waals surface area contributed by atoms with Crippen LogP contribution in [0.2, 0.25) is 0 Å². The molecule has 134 valence electrons. The minimum Gasteiger partial charge on any atom is -0.545 e. The van der Waals surface area contributed by atoms with Gasteiger partial charge in [0.1, 0.15) is 0 Å². The average molecular weight is 355 g/mol. The maximum atomic E-state index is 9.49. The number of carbonyl (C=O) groups is 1. The summed E-state index contributed by atoms with van der Waals surface area (Å²) in [6.07, 6.45) is 0. The van der Waals surface area contributed by atoms with Crippen molar-refractivity contribution >= 4 is 5.97 Å². The molecule has 0 saturated heterocycles. The second-order valence-electron chi connectivity index (χ2n) is 7.58. The van der Waals surface area contributed by atoms with Crippen molar-refractivity contribution in [3.05, 3.63) is 12.2 Å². The number of carboxylic acid groups (broad SMARTS) is 1. The zero-order valence-corrected chi connectivity index (χ0v) is 17.4. The van der Waals surface area contributed by atoms with Gasteiger partial charge in [0, 0.05) is 21.7 Å². The van der Waals surface area contributed by atoms with Crippen LogP contribution < -0.4 is 5.11 Å². The topological polar surface area (TPSA) is 101 Å². The van der Waals surface area contributed by atoms with Gasteiger partial charge in [-0.3, -0.25) is 0 Å². The Labute approximate surface area is 151 Å². The molecule has 0 unspecified atom stereocenters. The summed E-state index contributed by atoms with van der Waals surface area (Å²) >= 11 is 0. The molecular weight excluding hydrogens is 320 g/mol. The first-order chi connectivity index (χ1) is 8.64. The number of aliphatic hydroxyl groups is 3. The predicted molar refractivity (Wildman–Crippen MR) is 85.7 cm³/mol. The van der Waals surface area contributed by atoms with E-state index >= 15 is 0 Å². The van der Waals surface area contributed by atoms with E-state index < -0.39 is 22.8 Å². The van der Waals surface area contributed by atoms with Crippen LogP contribution in [0.5, 0.6) is 0 Å².